The first-order valence-corrected chi connectivity index (χ1v) is 6.66. The van der Waals surface area contributed by atoms with Crippen molar-refractivity contribution < 1.29 is 9.53 Å². The van der Waals surface area contributed by atoms with Crippen LogP contribution in [0.1, 0.15) is 38.2 Å². The maximum atomic E-state index is 12.4. The van der Waals surface area contributed by atoms with Crippen LogP contribution in [0.5, 0.6) is 5.75 Å². The Morgan fingerprint density at radius 3 is 2.39 bits per heavy atom. The predicted molar refractivity (Wildman–Crippen MR) is 71.8 cm³/mol. The van der Waals surface area contributed by atoms with Crippen LogP contribution in [0, 0.1) is 0 Å². The van der Waals surface area contributed by atoms with Crippen molar-refractivity contribution in [1.29, 1.82) is 0 Å². The Kier molecular flexibility index (Phi) is 3.90. The zero-order valence-corrected chi connectivity index (χ0v) is 11.2. The van der Waals surface area contributed by atoms with Crippen LogP contribution in [0.3, 0.4) is 0 Å². The van der Waals surface area contributed by atoms with E-state index >= 15 is 0 Å². The highest BCUT2D eigenvalue weighted by molar-refractivity contribution is 5.88. The van der Waals surface area contributed by atoms with Crippen LogP contribution < -0.4 is 10.1 Å². The van der Waals surface area contributed by atoms with Crippen molar-refractivity contribution in [3.05, 3.63) is 29.8 Å². The SMILES string of the molecule is CCNC(=O)C1(c2ccc(OC)cc2)CCCC1. The van der Waals surface area contributed by atoms with Crippen molar-refractivity contribution in [3.8, 4) is 5.75 Å². The van der Waals surface area contributed by atoms with Gasteiger partial charge < -0.3 is 10.1 Å². The van der Waals surface area contributed by atoms with Gasteiger partial charge in [-0.25, -0.2) is 0 Å². The molecule has 1 amide bonds. The fourth-order valence-electron chi connectivity index (χ4n) is 2.87. The van der Waals surface area contributed by atoms with Crippen LogP contribution in [0.4, 0.5) is 0 Å². The number of ether oxygens (including phenoxy) is 1. The Labute approximate surface area is 109 Å². The van der Waals surface area contributed by atoms with Gasteiger partial charge in [0.25, 0.3) is 0 Å². The molecule has 0 bridgehead atoms. The van der Waals surface area contributed by atoms with Crippen LogP contribution >= 0.6 is 0 Å². The van der Waals surface area contributed by atoms with Crippen molar-refractivity contribution >= 4 is 5.91 Å². The minimum Gasteiger partial charge on any atom is -0.497 e. The zero-order chi connectivity index (χ0) is 13.0. The van der Waals surface area contributed by atoms with Crippen LogP contribution in [0.2, 0.25) is 0 Å². The molecule has 0 atom stereocenters. The molecule has 18 heavy (non-hydrogen) atoms. The van der Waals surface area contributed by atoms with E-state index in [9.17, 15) is 4.79 Å². The molecule has 1 fully saturated rings. The van der Waals surface area contributed by atoms with Crippen LogP contribution in [0.25, 0.3) is 0 Å². The molecule has 0 radical (unpaired) electrons. The summed E-state index contributed by atoms with van der Waals surface area (Å²) in [5.41, 5.74) is 0.800. The average Bonchev–Trinajstić information content (AvgIpc) is 2.90. The summed E-state index contributed by atoms with van der Waals surface area (Å²) >= 11 is 0. The lowest BCUT2D eigenvalue weighted by atomic mass is 9.78. The Morgan fingerprint density at radius 1 is 1.28 bits per heavy atom. The number of hydrogen-bond donors (Lipinski definition) is 1. The van der Waals surface area contributed by atoms with Gasteiger partial charge in [0.15, 0.2) is 0 Å². The van der Waals surface area contributed by atoms with E-state index in [0.717, 1.165) is 37.0 Å². The minimum absolute atomic E-state index is 0.174. The number of rotatable bonds is 4. The van der Waals surface area contributed by atoms with Crippen molar-refractivity contribution in [2.75, 3.05) is 13.7 Å². The number of carbonyl (C=O) groups excluding carboxylic acids is 1. The summed E-state index contributed by atoms with van der Waals surface area (Å²) in [6.45, 7) is 2.66. The molecule has 3 heteroatoms. The van der Waals surface area contributed by atoms with Crippen molar-refractivity contribution in [1.82, 2.24) is 5.32 Å². The molecule has 0 spiro atoms. The first-order chi connectivity index (χ1) is 8.73. The Morgan fingerprint density at radius 2 is 1.89 bits per heavy atom. The summed E-state index contributed by atoms with van der Waals surface area (Å²) in [4.78, 5) is 12.4. The largest absolute Gasteiger partial charge is 0.497 e. The number of hydrogen-bond acceptors (Lipinski definition) is 2. The van der Waals surface area contributed by atoms with Gasteiger partial charge in [-0.05, 0) is 37.5 Å². The first kappa shape index (κ1) is 12.9. The van der Waals surface area contributed by atoms with Gasteiger partial charge in [-0.3, -0.25) is 4.79 Å². The van der Waals surface area contributed by atoms with Gasteiger partial charge in [0.05, 0.1) is 12.5 Å². The van der Waals surface area contributed by atoms with E-state index < -0.39 is 0 Å². The smallest absolute Gasteiger partial charge is 0.230 e. The molecule has 98 valence electrons. The maximum absolute atomic E-state index is 12.4. The first-order valence-electron chi connectivity index (χ1n) is 6.66. The summed E-state index contributed by atoms with van der Waals surface area (Å²) in [6, 6.07) is 7.93. The quantitative estimate of drug-likeness (QED) is 0.888. The molecule has 1 aromatic carbocycles. The van der Waals surface area contributed by atoms with E-state index in [0.29, 0.717) is 6.54 Å². The van der Waals surface area contributed by atoms with Gasteiger partial charge in [-0.15, -0.1) is 0 Å². The molecule has 1 aliphatic rings. The van der Waals surface area contributed by atoms with Crippen LogP contribution in [0.15, 0.2) is 24.3 Å². The average molecular weight is 247 g/mol. The van der Waals surface area contributed by atoms with Crippen molar-refractivity contribution in [2.24, 2.45) is 0 Å². The monoisotopic (exact) mass is 247 g/mol. The third kappa shape index (κ3) is 2.22. The fraction of sp³-hybridized carbons (Fsp3) is 0.533. The second-order valence-corrected chi connectivity index (χ2v) is 4.88. The summed E-state index contributed by atoms with van der Waals surface area (Å²) in [5.74, 6) is 1.01. The topological polar surface area (TPSA) is 38.3 Å². The molecule has 0 heterocycles. The predicted octanol–water partition coefficient (Wildman–Crippen LogP) is 2.64. The molecule has 3 nitrogen and oxygen atoms in total. The third-order valence-electron chi connectivity index (χ3n) is 3.87. The lowest BCUT2D eigenvalue weighted by Gasteiger charge is -2.28. The summed E-state index contributed by atoms with van der Waals surface area (Å²) < 4.78 is 5.17. The second-order valence-electron chi connectivity index (χ2n) is 4.88. The summed E-state index contributed by atoms with van der Waals surface area (Å²) in [5, 5.41) is 2.99. The van der Waals surface area contributed by atoms with Gasteiger partial charge in [0, 0.05) is 6.54 Å². The molecule has 2 rings (SSSR count). The number of benzene rings is 1. The molecule has 1 N–H and O–H groups in total. The Hall–Kier alpha value is -1.51. The number of methoxy groups -OCH3 is 1. The number of likely N-dealkylation sites (N-methyl/N-ethyl adjacent to an activating group) is 1. The molecule has 0 aromatic heterocycles. The lowest BCUT2D eigenvalue weighted by molar-refractivity contribution is -0.126. The molecule has 1 aromatic rings. The fourth-order valence-corrected chi connectivity index (χ4v) is 2.87. The number of nitrogens with one attached hydrogen (secondary N) is 1. The van der Waals surface area contributed by atoms with Crippen LogP contribution in [-0.2, 0) is 10.2 Å². The van der Waals surface area contributed by atoms with E-state index in [1.807, 2.05) is 31.2 Å². The van der Waals surface area contributed by atoms with Crippen molar-refractivity contribution in [2.45, 2.75) is 38.0 Å². The Balaban J connectivity index is 2.31. The number of amides is 1. The molecule has 0 saturated heterocycles. The van der Waals surface area contributed by atoms with E-state index in [1.165, 1.54) is 0 Å². The highest BCUT2D eigenvalue weighted by Crippen LogP contribution is 2.41. The van der Waals surface area contributed by atoms with Crippen molar-refractivity contribution in [3.63, 3.8) is 0 Å². The van der Waals surface area contributed by atoms with E-state index in [4.69, 9.17) is 4.74 Å². The summed E-state index contributed by atoms with van der Waals surface area (Å²) in [7, 11) is 1.66. The van der Waals surface area contributed by atoms with Gasteiger partial charge in [-0.2, -0.15) is 0 Å². The second kappa shape index (κ2) is 5.42. The molecular weight excluding hydrogens is 226 g/mol. The van der Waals surface area contributed by atoms with Gasteiger partial charge >= 0.3 is 0 Å². The maximum Gasteiger partial charge on any atom is 0.230 e. The molecule has 0 aliphatic heterocycles. The van der Waals surface area contributed by atoms with Crippen LogP contribution in [-0.4, -0.2) is 19.6 Å². The highest BCUT2D eigenvalue weighted by Gasteiger charge is 2.42. The normalized spacial score (nSPS) is 17.4. The van der Waals surface area contributed by atoms with E-state index in [1.54, 1.807) is 7.11 Å². The van der Waals surface area contributed by atoms with Gasteiger partial charge in [0.2, 0.25) is 5.91 Å². The van der Waals surface area contributed by atoms with Gasteiger partial charge in [0.1, 0.15) is 5.75 Å². The van der Waals surface area contributed by atoms with E-state index in [-0.39, 0.29) is 11.3 Å². The number of carbonyl (C=O) groups is 1. The third-order valence-corrected chi connectivity index (χ3v) is 3.87. The molecule has 0 unspecified atom stereocenters. The van der Waals surface area contributed by atoms with Gasteiger partial charge in [-0.1, -0.05) is 25.0 Å². The zero-order valence-electron chi connectivity index (χ0n) is 11.2. The highest BCUT2D eigenvalue weighted by atomic mass is 16.5. The molecule has 1 aliphatic carbocycles. The molecule has 1 saturated carbocycles. The minimum atomic E-state index is -0.317. The summed E-state index contributed by atoms with van der Waals surface area (Å²) in [6.07, 6.45) is 4.16. The van der Waals surface area contributed by atoms with E-state index in [2.05, 4.69) is 5.32 Å². The Bertz CT molecular complexity index is 405. The lowest BCUT2D eigenvalue weighted by Crippen LogP contribution is -2.42. The molecular formula is C15H21NO2. The standard InChI is InChI=1S/C15H21NO2/c1-3-16-14(17)15(10-4-5-11-15)12-6-8-13(18-2)9-7-12/h6-9H,3-5,10-11H2,1-2H3,(H,16,17).